The predicted octanol–water partition coefficient (Wildman–Crippen LogP) is 1.70. The van der Waals surface area contributed by atoms with Crippen LogP contribution in [-0.2, 0) is 9.53 Å². The fourth-order valence-corrected chi connectivity index (χ4v) is 1.94. The highest BCUT2D eigenvalue weighted by Gasteiger charge is 2.16. The summed E-state index contributed by atoms with van der Waals surface area (Å²) in [6.07, 6.45) is 0. The molecule has 1 amide bonds. The van der Waals surface area contributed by atoms with E-state index in [1.165, 1.54) is 18.2 Å². The van der Waals surface area contributed by atoms with Crippen molar-refractivity contribution >= 4 is 17.3 Å². The number of hydrogen-bond acceptors (Lipinski definition) is 4. The number of nitrogen functional groups attached to an aromatic ring is 1. The highest BCUT2D eigenvalue weighted by Crippen LogP contribution is 2.17. The van der Waals surface area contributed by atoms with Crippen molar-refractivity contribution in [1.82, 2.24) is 4.90 Å². The van der Waals surface area contributed by atoms with Gasteiger partial charge < -0.3 is 15.8 Å². The number of rotatable bonds is 7. The summed E-state index contributed by atoms with van der Waals surface area (Å²) in [5, 5.41) is 2.54. The molecule has 1 atom stereocenters. The molecule has 0 aliphatic carbocycles. The first-order chi connectivity index (χ1) is 9.47. The van der Waals surface area contributed by atoms with E-state index in [9.17, 15) is 9.18 Å². The molecule has 3 N–H and O–H groups in total. The van der Waals surface area contributed by atoms with E-state index >= 15 is 0 Å². The summed E-state index contributed by atoms with van der Waals surface area (Å²) in [4.78, 5) is 13.9. The van der Waals surface area contributed by atoms with Gasteiger partial charge in [0.05, 0.1) is 18.8 Å². The topological polar surface area (TPSA) is 67.6 Å². The van der Waals surface area contributed by atoms with E-state index in [0.717, 1.165) is 0 Å². The van der Waals surface area contributed by atoms with Gasteiger partial charge in [-0.15, -0.1) is 0 Å². The Morgan fingerprint density at radius 2 is 2.25 bits per heavy atom. The van der Waals surface area contributed by atoms with Gasteiger partial charge in [0.25, 0.3) is 0 Å². The van der Waals surface area contributed by atoms with Crippen molar-refractivity contribution in [3.8, 4) is 0 Å². The average Bonchev–Trinajstić information content (AvgIpc) is 2.40. The Morgan fingerprint density at radius 1 is 1.55 bits per heavy atom. The first kappa shape index (κ1) is 16.4. The summed E-state index contributed by atoms with van der Waals surface area (Å²) in [6, 6.07) is 4.20. The monoisotopic (exact) mass is 283 g/mol. The van der Waals surface area contributed by atoms with E-state index in [4.69, 9.17) is 10.5 Å². The second-order valence-electron chi connectivity index (χ2n) is 4.65. The molecule has 20 heavy (non-hydrogen) atoms. The maximum atomic E-state index is 13.5. The number of ether oxygens (including phenoxy) is 1. The number of carbonyl (C=O) groups excluding carboxylic acids is 1. The van der Waals surface area contributed by atoms with Gasteiger partial charge in [0.15, 0.2) is 0 Å². The Bertz CT molecular complexity index is 454. The lowest BCUT2D eigenvalue weighted by Gasteiger charge is -2.26. The largest absolute Gasteiger partial charge is 0.399 e. The smallest absolute Gasteiger partial charge is 0.238 e. The standard InChI is InChI=1S/C14H22FN3O2/c1-4-18(10(2)9-20-3)8-14(19)17-13-7-11(16)5-6-12(13)15/h5-7,10H,4,8-9,16H2,1-3H3,(H,17,19). The zero-order chi connectivity index (χ0) is 15.1. The first-order valence-corrected chi connectivity index (χ1v) is 6.55. The van der Waals surface area contributed by atoms with E-state index < -0.39 is 5.82 Å². The van der Waals surface area contributed by atoms with Crippen molar-refractivity contribution in [2.24, 2.45) is 0 Å². The summed E-state index contributed by atoms with van der Waals surface area (Å²) in [5.41, 5.74) is 6.08. The summed E-state index contributed by atoms with van der Waals surface area (Å²) < 4.78 is 18.6. The van der Waals surface area contributed by atoms with Crippen molar-refractivity contribution < 1.29 is 13.9 Å². The van der Waals surface area contributed by atoms with Crippen LogP contribution in [0.3, 0.4) is 0 Å². The van der Waals surface area contributed by atoms with Gasteiger partial charge in [-0.05, 0) is 31.7 Å². The van der Waals surface area contributed by atoms with E-state index in [-0.39, 0.29) is 24.2 Å². The normalized spacial score (nSPS) is 12.4. The van der Waals surface area contributed by atoms with Crippen LogP contribution in [0.2, 0.25) is 0 Å². The van der Waals surface area contributed by atoms with Gasteiger partial charge in [0.2, 0.25) is 5.91 Å². The maximum Gasteiger partial charge on any atom is 0.238 e. The second kappa shape index (κ2) is 7.81. The van der Waals surface area contributed by atoms with Crippen LogP contribution in [0.25, 0.3) is 0 Å². The van der Waals surface area contributed by atoms with Crippen LogP contribution in [0.1, 0.15) is 13.8 Å². The van der Waals surface area contributed by atoms with E-state index in [1.54, 1.807) is 7.11 Å². The molecule has 0 aromatic heterocycles. The SMILES string of the molecule is CCN(CC(=O)Nc1cc(N)ccc1F)C(C)COC. The number of methoxy groups -OCH3 is 1. The van der Waals surface area contributed by atoms with Gasteiger partial charge >= 0.3 is 0 Å². The first-order valence-electron chi connectivity index (χ1n) is 6.55. The van der Waals surface area contributed by atoms with Crippen molar-refractivity contribution in [2.45, 2.75) is 19.9 Å². The third-order valence-corrected chi connectivity index (χ3v) is 3.05. The van der Waals surface area contributed by atoms with Crippen LogP contribution >= 0.6 is 0 Å². The summed E-state index contributed by atoms with van der Waals surface area (Å²) in [7, 11) is 1.62. The molecule has 5 nitrogen and oxygen atoms in total. The molecule has 6 heteroatoms. The lowest BCUT2D eigenvalue weighted by Crippen LogP contribution is -2.41. The molecule has 1 aromatic carbocycles. The minimum Gasteiger partial charge on any atom is -0.399 e. The fourth-order valence-electron chi connectivity index (χ4n) is 1.94. The molecule has 1 rings (SSSR count). The van der Waals surface area contributed by atoms with Gasteiger partial charge in [-0.2, -0.15) is 0 Å². The highest BCUT2D eigenvalue weighted by molar-refractivity contribution is 5.92. The molecule has 0 heterocycles. The molecule has 0 bridgehead atoms. The molecule has 0 aliphatic rings. The van der Waals surface area contributed by atoms with Crippen LogP contribution < -0.4 is 11.1 Å². The van der Waals surface area contributed by atoms with Crippen LogP contribution in [0.5, 0.6) is 0 Å². The molecule has 1 unspecified atom stereocenters. The number of halogens is 1. The van der Waals surface area contributed by atoms with E-state index in [0.29, 0.717) is 18.8 Å². The number of benzene rings is 1. The van der Waals surface area contributed by atoms with Crippen LogP contribution in [0.4, 0.5) is 15.8 Å². The summed E-state index contributed by atoms with van der Waals surface area (Å²) in [6.45, 7) is 5.35. The number of likely N-dealkylation sites (N-methyl/N-ethyl adjacent to an activating group) is 1. The highest BCUT2D eigenvalue weighted by atomic mass is 19.1. The molecule has 112 valence electrons. The number of anilines is 2. The molecule has 0 saturated heterocycles. The molecular formula is C14H22FN3O2. The van der Waals surface area contributed by atoms with Gasteiger partial charge in [-0.1, -0.05) is 6.92 Å². The Hall–Kier alpha value is -1.66. The molecule has 0 fully saturated rings. The number of carbonyl (C=O) groups is 1. The molecule has 0 saturated carbocycles. The zero-order valence-corrected chi connectivity index (χ0v) is 12.1. The molecule has 0 aliphatic heterocycles. The maximum absolute atomic E-state index is 13.5. The predicted molar refractivity (Wildman–Crippen MR) is 78.0 cm³/mol. The molecular weight excluding hydrogens is 261 g/mol. The Kier molecular flexibility index (Phi) is 6.41. The third kappa shape index (κ3) is 4.79. The van der Waals surface area contributed by atoms with Crippen molar-refractivity contribution in [3.63, 3.8) is 0 Å². The second-order valence-corrected chi connectivity index (χ2v) is 4.65. The van der Waals surface area contributed by atoms with Crippen molar-refractivity contribution in [1.29, 1.82) is 0 Å². The fraction of sp³-hybridized carbons (Fsp3) is 0.500. The summed E-state index contributed by atoms with van der Waals surface area (Å²) >= 11 is 0. The van der Waals surface area contributed by atoms with Crippen molar-refractivity contribution in [3.05, 3.63) is 24.0 Å². The van der Waals surface area contributed by atoms with Gasteiger partial charge in [-0.25, -0.2) is 4.39 Å². The van der Waals surface area contributed by atoms with E-state index in [1.807, 2.05) is 18.7 Å². The van der Waals surface area contributed by atoms with Crippen LogP contribution in [0, 0.1) is 5.82 Å². The van der Waals surface area contributed by atoms with Crippen LogP contribution in [-0.4, -0.2) is 43.7 Å². The minimum atomic E-state index is -0.500. The van der Waals surface area contributed by atoms with Crippen molar-refractivity contribution in [2.75, 3.05) is 37.9 Å². The van der Waals surface area contributed by atoms with Gasteiger partial charge in [-0.3, -0.25) is 9.69 Å². The number of amides is 1. The lowest BCUT2D eigenvalue weighted by atomic mass is 10.2. The van der Waals surface area contributed by atoms with Crippen LogP contribution in [0.15, 0.2) is 18.2 Å². The quantitative estimate of drug-likeness (QED) is 0.747. The third-order valence-electron chi connectivity index (χ3n) is 3.05. The molecule has 0 radical (unpaired) electrons. The number of nitrogens with two attached hydrogens (primary N) is 1. The Labute approximate surface area is 118 Å². The number of hydrogen-bond donors (Lipinski definition) is 2. The minimum absolute atomic E-state index is 0.102. The summed E-state index contributed by atoms with van der Waals surface area (Å²) in [5.74, 6) is -0.778. The molecule has 0 spiro atoms. The van der Waals surface area contributed by atoms with Gasteiger partial charge in [0.1, 0.15) is 5.82 Å². The molecule has 1 aromatic rings. The zero-order valence-electron chi connectivity index (χ0n) is 12.1. The lowest BCUT2D eigenvalue weighted by molar-refractivity contribution is -0.118. The van der Waals surface area contributed by atoms with Gasteiger partial charge in [0, 0.05) is 18.8 Å². The van der Waals surface area contributed by atoms with E-state index in [2.05, 4.69) is 5.32 Å². The number of nitrogens with zero attached hydrogens (tertiary/aromatic N) is 1. The number of nitrogens with one attached hydrogen (secondary N) is 1. The Balaban J connectivity index is 2.64. The Morgan fingerprint density at radius 3 is 2.85 bits per heavy atom. The average molecular weight is 283 g/mol.